The van der Waals surface area contributed by atoms with E-state index in [4.69, 9.17) is 29.4 Å². The third kappa shape index (κ3) is 6.40. The summed E-state index contributed by atoms with van der Waals surface area (Å²) in [6.45, 7) is 0.255. The first kappa shape index (κ1) is 31.3. The summed E-state index contributed by atoms with van der Waals surface area (Å²) < 4.78 is 27.3. The van der Waals surface area contributed by atoms with Crippen LogP contribution in [0.25, 0.3) is 5.73 Å². The zero-order chi connectivity index (χ0) is 25.4. The number of rotatable bonds is 7. The predicted molar refractivity (Wildman–Crippen MR) is 111 cm³/mol. The van der Waals surface area contributed by atoms with Crippen LogP contribution in [-0.2, 0) is 61.2 Å². The van der Waals surface area contributed by atoms with Crippen LogP contribution in [0.2, 0.25) is 0 Å². The number of ether oxygens (including phenoxy) is 5. The summed E-state index contributed by atoms with van der Waals surface area (Å²) >= 11 is 0. The topological polar surface area (TPSA) is 220 Å². The van der Waals surface area contributed by atoms with E-state index < -0.39 is 98.1 Å². The van der Waals surface area contributed by atoms with Crippen molar-refractivity contribution >= 4 is 5.97 Å². The van der Waals surface area contributed by atoms with E-state index in [0.29, 0.717) is 0 Å². The van der Waals surface area contributed by atoms with Crippen LogP contribution in [0, 0.1) is 0 Å². The molecule has 0 aromatic carbocycles. The smallest absolute Gasteiger partial charge is 0.367 e. The van der Waals surface area contributed by atoms with Crippen molar-refractivity contribution in [2.24, 2.45) is 0 Å². The molecule has 8 N–H and O–H groups in total. The molecule has 3 rings (SSSR count). The molecule has 3 heterocycles. The van der Waals surface area contributed by atoms with Gasteiger partial charge in [0.15, 0.2) is 5.79 Å². The number of esters is 1. The van der Waals surface area contributed by atoms with E-state index in [2.05, 4.69) is 5.32 Å². The van der Waals surface area contributed by atoms with E-state index in [1.165, 1.54) is 21.1 Å². The molecular formula is C20H35N2O12Y-. The van der Waals surface area contributed by atoms with Gasteiger partial charge in [-0.05, 0) is 14.0 Å². The van der Waals surface area contributed by atoms with Gasteiger partial charge in [-0.1, -0.05) is 6.04 Å². The van der Waals surface area contributed by atoms with Gasteiger partial charge in [0.1, 0.15) is 37.1 Å². The third-order valence-electron chi connectivity index (χ3n) is 6.60. The van der Waals surface area contributed by atoms with Crippen LogP contribution in [-0.4, -0.2) is 136 Å². The normalized spacial score (nSPS) is 44.7. The molecule has 15 heteroatoms. The van der Waals surface area contributed by atoms with Crippen molar-refractivity contribution in [3.8, 4) is 0 Å². The van der Waals surface area contributed by atoms with Gasteiger partial charge in [-0.25, -0.2) is 4.79 Å². The monoisotopic (exact) mass is 584 g/mol. The first-order valence-electron chi connectivity index (χ1n) is 11.1. The van der Waals surface area contributed by atoms with Crippen molar-refractivity contribution in [3.05, 3.63) is 5.73 Å². The van der Waals surface area contributed by atoms with Crippen LogP contribution >= 0.6 is 0 Å². The van der Waals surface area contributed by atoms with Gasteiger partial charge >= 0.3 is 5.97 Å². The van der Waals surface area contributed by atoms with Crippen molar-refractivity contribution in [1.82, 2.24) is 5.32 Å². The summed E-state index contributed by atoms with van der Waals surface area (Å²) in [6.07, 6.45) is -11.5. The number of aliphatic hydroxyl groups excluding tert-OH is 5. The molecule has 201 valence electrons. The molecule has 0 saturated carbocycles. The Morgan fingerprint density at radius 3 is 2.40 bits per heavy atom. The maximum Gasteiger partial charge on any atom is 0.367 e. The number of hydrogen-bond donors (Lipinski definition) is 7. The van der Waals surface area contributed by atoms with Gasteiger partial charge < -0.3 is 65.4 Å². The molecule has 3 aliphatic heterocycles. The maximum atomic E-state index is 12.8. The number of nitrogens with one attached hydrogen (secondary N) is 2. The van der Waals surface area contributed by atoms with Crippen molar-refractivity contribution in [2.45, 2.75) is 92.3 Å². The van der Waals surface area contributed by atoms with Gasteiger partial charge in [0.25, 0.3) is 5.79 Å². The van der Waals surface area contributed by atoms with Crippen LogP contribution in [0.1, 0.15) is 19.8 Å². The zero-order valence-corrected chi connectivity index (χ0v) is 22.7. The fourth-order valence-electron chi connectivity index (χ4n) is 4.75. The Labute approximate surface area is 227 Å². The fourth-order valence-corrected chi connectivity index (χ4v) is 4.75. The van der Waals surface area contributed by atoms with Crippen molar-refractivity contribution in [3.63, 3.8) is 0 Å². The van der Waals surface area contributed by atoms with Crippen LogP contribution in [0.4, 0.5) is 0 Å². The average molecular weight is 584 g/mol. The Kier molecular flexibility index (Phi) is 11.0. The molecule has 1 spiro atoms. The summed E-state index contributed by atoms with van der Waals surface area (Å²) in [4.78, 5) is 12.8. The van der Waals surface area contributed by atoms with Crippen molar-refractivity contribution in [2.75, 3.05) is 27.4 Å². The van der Waals surface area contributed by atoms with Gasteiger partial charge in [-0.15, -0.1) is 0 Å². The van der Waals surface area contributed by atoms with Gasteiger partial charge in [0.2, 0.25) is 0 Å². The molecule has 12 atom stereocenters. The van der Waals surface area contributed by atoms with Crippen LogP contribution in [0.3, 0.4) is 0 Å². The van der Waals surface area contributed by atoms with E-state index in [1.807, 2.05) is 0 Å². The summed E-state index contributed by atoms with van der Waals surface area (Å²) in [7, 11) is 2.77. The molecule has 3 fully saturated rings. The number of likely N-dealkylation sites (N-methyl/N-ethyl adjacent to an activating group) is 1. The molecule has 1 radical (unpaired) electrons. The second-order valence-electron chi connectivity index (χ2n) is 9.17. The average Bonchev–Trinajstić information content (AvgIpc) is 2.77. The Morgan fingerprint density at radius 1 is 1.17 bits per heavy atom. The molecule has 14 nitrogen and oxygen atoms in total. The molecule has 35 heavy (non-hydrogen) atoms. The molecule has 0 bridgehead atoms. The van der Waals surface area contributed by atoms with Crippen LogP contribution in [0.15, 0.2) is 0 Å². The van der Waals surface area contributed by atoms with Gasteiger partial charge in [0.05, 0.1) is 24.9 Å². The molecule has 0 aromatic heterocycles. The van der Waals surface area contributed by atoms with E-state index in [-0.39, 0.29) is 39.1 Å². The molecule has 0 aromatic rings. The first-order valence-corrected chi connectivity index (χ1v) is 11.1. The standard InChI is InChI=1S/C20H35N2O12.Y/c1-19(29)4-8(24)12(21)16(33-19)15(27)11-7-31-18(28)20(32-11)5-9(25)13(22-2)17(34-20)14(26)10(6-23)30-3;/h8-17,21-27,29H,4-7H2,1-3H3;/q-1;/t8?,9?,10-,11?,12?,13?,14-,15-,16?,17?,19?,20?;/m1./s1. The summed E-state index contributed by atoms with van der Waals surface area (Å²) in [6, 6.07) is -2.21. The van der Waals surface area contributed by atoms with Gasteiger partial charge in [0, 0.05) is 58.8 Å². The number of methoxy groups -OCH3 is 1. The van der Waals surface area contributed by atoms with E-state index in [0.717, 1.165) is 0 Å². The van der Waals surface area contributed by atoms with E-state index in [1.54, 1.807) is 0 Å². The van der Waals surface area contributed by atoms with Crippen LogP contribution in [0.5, 0.6) is 0 Å². The minimum absolute atomic E-state index is 0. The number of carbonyl (C=O) groups excluding carboxylic acids is 1. The van der Waals surface area contributed by atoms with Gasteiger partial charge in [-0.2, -0.15) is 0 Å². The Bertz CT molecular complexity index is 716. The summed E-state index contributed by atoms with van der Waals surface area (Å²) in [5.41, 5.74) is 8.14. The summed E-state index contributed by atoms with van der Waals surface area (Å²) in [5.74, 6) is -5.04. The zero-order valence-electron chi connectivity index (χ0n) is 19.8. The minimum atomic E-state index is -2.23. The maximum absolute atomic E-state index is 12.8. The largest absolute Gasteiger partial charge is 0.670 e. The Balaban J connectivity index is 0.00000432. The number of cyclic esters (lactones) is 1. The number of hydrogen-bond acceptors (Lipinski definition) is 13. The van der Waals surface area contributed by atoms with Crippen molar-refractivity contribution < 1.29 is 91.8 Å². The van der Waals surface area contributed by atoms with Crippen LogP contribution < -0.4 is 5.32 Å². The summed E-state index contributed by atoms with van der Waals surface area (Å²) in [5, 5.41) is 65.0. The predicted octanol–water partition coefficient (Wildman–Crippen LogP) is -3.63. The SMILES string of the molecule is CNC1C(O)CC2(OC([C@@H](O)C3OC(C)(O)CC(O)C3[NH-])COC2=O)OC1[C@H](O)[C@@H](CO)OC.[Y]. The molecule has 3 aliphatic rings. The molecular weight excluding hydrogens is 549 g/mol. The molecule has 0 amide bonds. The van der Waals surface area contributed by atoms with Crippen molar-refractivity contribution in [1.29, 1.82) is 0 Å². The Morgan fingerprint density at radius 2 is 1.83 bits per heavy atom. The third-order valence-corrected chi connectivity index (χ3v) is 6.60. The van der Waals surface area contributed by atoms with E-state index >= 15 is 0 Å². The molecule has 0 aliphatic carbocycles. The molecule has 9 unspecified atom stereocenters. The number of carbonyl (C=O) groups is 1. The Hall–Kier alpha value is 0.0939. The van der Waals surface area contributed by atoms with E-state index in [9.17, 15) is 35.4 Å². The second-order valence-corrected chi connectivity index (χ2v) is 9.17. The number of aliphatic hydroxyl groups is 6. The quantitative estimate of drug-likeness (QED) is 0.144. The minimum Gasteiger partial charge on any atom is -0.670 e. The first-order chi connectivity index (χ1) is 15.9. The second kappa shape index (κ2) is 12.3. The fraction of sp³-hybridized carbons (Fsp3) is 0.950. The van der Waals surface area contributed by atoms with Gasteiger partial charge in [-0.3, -0.25) is 0 Å². The molecule has 3 saturated heterocycles.